The Morgan fingerprint density at radius 1 is 0.561 bits per heavy atom. The minimum absolute atomic E-state index is 0.328. The molecule has 0 radical (unpaired) electrons. The maximum atomic E-state index is 10.9. The summed E-state index contributed by atoms with van der Waals surface area (Å²) in [4.78, 5) is 21.0. The molecular formula is C50H33N7. The van der Waals surface area contributed by atoms with Gasteiger partial charge < -0.3 is 9.47 Å². The van der Waals surface area contributed by atoms with Crippen LogP contribution >= 0.6 is 0 Å². The molecule has 0 fully saturated rings. The van der Waals surface area contributed by atoms with E-state index in [0.29, 0.717) is 40.0 Å². The lowest BCUT2D eigenvalue weighted by Gasteiger charge is -2.42. The van der Waals surface area contributed by atoms with Crippen LogP contribution in [0.1, 0.15) is 30.5 Å². The topological polar surface area (TPSA) is 75.0 Å². The molecule has 7 aromatic carbocycles. The van der Waals surface area contributed by atoms with Crippen LogP contribution in [0.3, 0.4) is 0 Å². The average Bonchev–Trinajstić information content (AvgIpc) is 3.59. The smallest absolute Gasteiger partial charge is 0.200 e. The van der Waals surface area contributed by atoms with Crippen LogP contribution in [0.4, 0.5) is 22.7 Å². The molecule has 0 unspecified atom stereocenters. The van der Waals surface area contributed by atoms with Gasteiger partial charge in [0, 0.05) is 38.6 Å². The summed E-state index contributed by atoms with van der Waals surface area (Å²) < 4.78 is 2.14. The Bertz CT molecular complexity index is 3060. The van der Waals surface area contributed by atoms with Crippen LogP contribution in [-0.4, -0.2) is 19.5 Å². The van der Waals surface area contributed by atoms with E-state index < -0.39 is 0 Å². The first-order chi connectivity index (χ1) is 27.9. The molecule has 1 aliphatic rings. The molecule has 10 rings (SSSR count). The number of benzene rings is 7. The number of hydrogen-bond acceptors (Lipinski definition) is 5. The zero-order valence-corrected chi connectivity index (χ0v) is 31.2. The summed E-state index contributed by atoms with van der Waals surface area (Å²) in [5.74, 6) is 1.30. The molecule has 0 spiro atoms. The van der Waals surface area contributed by atoms with Gasteiger partial charge in [-0.2, -0.15) is 5.26 Å². The number of aromatic nitrogens is 4. The van der Waals surface area contributed by atoms with E-state index in [2.05, 4.69) is 107 Å². The molecule has 0 bridgehead atoms. The third-order valence-electron chi connectivity index (χ3n) is 11.1. The first-order valence-corrected chi connectivity index (χ1v) is 18.8. The van der Waals surface area contributed by atoms with Gasteiger partial charge in [-0.3, -0.25) is 0 Å². The van der Waals surface area contributed by atoms with Gasteiger partial charge in [-0.25, -0.2) is 19.8 Å². The second kappa shape index (κ2) is 13.2. The number of hydrogen-bond donors (Lipinski definition) is 0. The number of nitriles is 1. The number of rotatable bonds is 5. The normalized spacial score (nSPS) is 12.8. The van der Waals surface area contributed by atoms with E-state index in [1.165, 1.54) is 5.56 Å². The second-order valence-corrected chi connectivity index (χ2v) is 14.7. The molecule has 9 aromatic rings. The van der Waals surface area contributed by atoms with Crippen molar-refractivity contribution < 1.29 is 0 Å². The summed E-state index contributed by atoms with van der Waals surface area (Å²) in [6.45, 7) is 13.0. The lowest BCUT2D eigenvalue weighted by molar-refractivity contribution is 0.632. The summed E-state index contributed by atoms with van der Waals surface area (Å²) in [7, 11) is 0. The third-order valence-corrected chi connectivity index (χ3v) is 11.1. The van der Waals surface area contributed by atoms with E-state index >= 15 is 0 Å². The number of fused-ring (bicyclic) bond motifs is 5. The average molecular weight is 732 g/mol. The van der Waals surface area contributed by atoms with Crippen molar-refractivity contribution in [1.82, 2.24) is 19.5 Å². The van der Waals surface area contributed by atoms with Crippen LogP contribution in [-0.2, 0) is 5.41 Å². The second-order valence-electron chi connectivity index (χ2n) is 14.7. The molecule has 7 nitrogen and oxygen atoms in total. The zero-order valence-electron chi connectivity index (χ0n) is 31.2. The highest BCUT2D eigenvalue weighted by Crippen LogP contribution is 2.53. The molecule has 2 aromatic heterocycles. The highest BCUT2D eigenvalue weighted by molar-refractivity contribution is 6.12. The molecule has 0 saturated heterocycles. The first kappa shape index (κ1) is 33.7. The minimum Gasteiger partial charge on any atom is -0.310 e. The fourth-order valence-electron chi connectivity index (χ4n) is 8.33. The van der Waals surface area contributed by atoms with Gasteiger partial charge in [0.2, 0.25) is 0 Å². The van der Waals surface area contributed by atoms with E-state index in [1.54, 1.807) is 6.07 Å². The Balaban J connectivity index is 1.22. The number of para-hydroxylation sites is 3. The molecule has 268 valence electrons. The molecule has 57 heavy (non-hydrogen) atoms. The number of nitrogens with zero attached hydrogens (tertiary/aromatic N) is 7. The summed E-state index contributed by atoms with van der Waals surface area (Å²) in [6.07, 6.45) is 0. The van der Waals surface area contributed by atoms with Gasteiger partial charge in [0.05, 0.1) is 40.2 Å². The van der Waals surface area contributed by atoms with Crippen molar-refractivity contribution in [3.05, 3.63) is 192 Å². The van der Waals surface area contributed by atoms with Crippen molar-refractivity contribution in [3.63, 3.8) is 0 Å². The molecule has 0 atom stereocenters. The SMILES string of the molecule is [C-]#[N+]c1cc(-n2c3ccccc3c3cc4c(cc32)C(C)(C)c2ccccc2N4c2ccccc2)c(C#N)cc1-c1nc(-c2ccccc2)nc(-c2ccccc2)n1. The molecule has 0 saturated carbocycles. The maximum Gasteiger partial charge on any atom is 0.200 e. The lowest BCUT2D eigenvalue weighted by Crippen LogP contribution is -2.30. The Labute approximate surface area is 330 Å². The van der Waals surface area contributed by atoms with Crippen LogP contribution in [0.2, 0.25) is 0 Å². The van der Waals surface area contributed by atoms with Gasteiger partial charge >= 0.3 is 0 Å². The van der Waals surface area contributed by atoms with Crippen molar-refractivity contribution in [2.75, 3.05) is 4.90 Å². The predicted molar refractivity (Wildman–Crippen MR) is 228 cm³/mol. The Hall–Kier alpha value is -7.87. The summed E-state index contributed by atoms with van der Waals surface area (Å²) in [6, 6.07) is 57.5. The van der Waals surface area contributed by atoms with Crippen molar-refractivity contribution >= 4 is 44.6 Å². The zero-order chi connectivity index (χ0) is 38.7. The molecule has 0 N–H and O–H groups in total. The highest BCUT2D eigenvalue weighted by atomic mass is 15.2. The molecular weight excluding hydrogens is 699 g/mol. The van der Waals surface area contributed by atoms with Gasteiger partial charge in [0.15, 0.2) is 23.2 Å². The standard InChI is InChI=1S/C50H33N7/c1-50(2)39-24-14-16-26-43(39)56(35-21-11-6-12-22-35)46-28-37-36-23-13-15-25-42(36)57(45(37)29-40(46)50)44-30-41(52-3)38(27-34(44)31-51)49-54-47(32-17-7-4-8-18-32)53-48(55-49)33-19-9-5-10-20-33/h4-30H,1-2H3. The van der Waals surface area contributed by atoms with Crippen molar-refractivity contribution in [3.8, 4) is 45.9 Å². The largest absolute Gasteiger partial charge is 0.310 e. The van der Waals surface area contributed by atoms with Gasteiger partial charge in [-0.1, -0.05) is 129 Å². The monoisotopic (exact) mass is 731 g/mol. The number of anilines is 3. The third kappa shape index (κ3) is 5.37. The summed E-state index contributed by atoms with van der Waals surface area (Å²) in [5, 5.41) is 13.0. The van der Waals surface area contributed by atoms with Gasteiger partial charge in [-0.15, -0.1) is 0 Å². The van der Waals surface area contributed by atoms with E-state index in [1.807, 2.05) is 84.9 Å². The molecule has 3 heterocycles. The Kier molecular flexibility index (Phi) is 7.78. The van der Waals surface area contributed by atoms with Crippen LogP contribution in [0, 0.1) is 17.9 Å². The van der Waals surface area contributed by atoms with E-state index in [-0.39, 0.29) is 5.41 Å². The molecule has 0 amide bonds. The maximum absolute atomic E-state index is 10.9. The predicted octanol–water partition coefficient (Wildman–Crippen LogP) is 12.5. The van der Waals surface area contributed by atoms with Crippen LogP contribution < -0.4 is 4.90 Å². The lowest BCUT2D eigenvalue weighted by atomic mass is 9.73. The van der Waals surface area contributed by atoms with Crippen LogP contribution in [0.15, 0.2) is 164 Å². The highest BCUT2D eigenvalue weighted by Gasteiger charge is 2.38. The van der Waals surface area contributed by atoms with Gasteiger partial charge in [0.1, 0.15) is 6.07 Å². The molecule has 7 heteroatoms. The minimum atomic E-state index is -0.345. The fourth-order valence-corrected chi connectivity index (χ4v) is 8.33. The Morgan fingerprint density at radius 2 is 1.16 bits per heavy atom. The van der Waals surface area contributed by atoms with Crippen molar-refractivity contribution in [2.24, 2.45) is 0 Å². The van der Waals surface area contributed by atoms with E-state index in [9.17, 15) is 5.26 Å². The molecule has 1 aliphatic heterocycles. The van der Waals surface area contributed by atoms with Crippen LogP contribution in [0.25, 0.3) is 66.5 Å². The molecule has 0 aliphatic carbocycles. The van der Waals surface area contributed by atoms with Crippen LogP contribution in [0.5, 0.6) is 0 Å². The van der Waals surface area contributed by atoms with E-state index in [0.717, 1.165) is 55.6 Å². The van der Waals surface area contributed by atoms with Crippen molar-refractivity contribution in [1.29, 1.82) is 5.26 Å². The fraction of sp³-hybridized carbons (Fsp3) is 0.0600. The summed E-state index contributed by atoms with van der Waals surface area (Å²) in [5.41, 5.74) is 10.7. The summed E-state index contributed by atoms with van der Waals surface area (Å²) >= 11 is 0. The first-order valence-electron chi connectivity index (χ1n) is 18.8. The van der Waals surface area contributed by atoms with Crippen molar-refractivity contribution in [2.45, 2.75) is 19.3 Å². The van der Waals surface area contributed by atoms with Gasteiger partial charge in [0.25, 0.3) is 0 Å². The Morgan fingerprint density at radius 3 is 1.82 bits per heavy atom. The quantitative estimate of drug-likeness (QED) is 0.165. The van der Waals surface area contributed by atoms with E-state index in [4.69, 9.17) is 21.5 Å². The van der Waals surface area contributed by atoms with Gasteiger partial charge in [-0.05, 0) is 59.7 Å².